The number of aromatic nitrogens is 1. The molecule has 0 unspecified atom stereocenters. The average Bonchev–Trinajstić information content (AvgIpc) is 2.78. The first-order valence-electron chi connectivity index (χ1n) is 5.38. The summed E-state index contributed by atoms with van der Waals surface area (Å²) < 4.78 is 13.4. The molecule has 1 aliphatic carbocycles. The van der Waals surface area contributed by atoms with E-state index < -0.39 is 0 Å². The molecular formula is C13H14FN. The lowest BCUT2D eigenvalue weighted by atomic mass is 10.1. The van der Waals surface area contributed by atoms with Crippen LogP contribution in [-0.4, -0.2) is 4.98 Å². The van der Waals surface area contributed by atoms with Crippen LogP contribution < -0.4 is 0 Å². The third kappa shape index (κ3) is 1.28. The average molecular weight is 203 g/mol. The Morgan fingerprint density at radius 1 is 1.27 bits per heavy atom. The van der Waals surface area contributed by atoms with Crippen molar-refractivity contribution in [3.63, 3.8) is 0 Å². The number of fused-ring (bicyclic) bond motifs is 1. The molecular weight excluding hydrogens is 189 g/mol. The number of hydrogen-bond acceptors (Lipinski definition) is 0. The minimum atomic E-state index is -0.128. The predicted octanol–water partition coefficient (Wildman–Crippen LogP) is 3.67. The highest BCUT2D eigenvalue weighted by atomic mass is 19.1. The normalized spacial score (nSPS) is 18.3. The van der Waals surface area contributed by atoms with Crippen LogP contribution in [0.15, 0.2) is 18.2 Å². The zero-order chi connectivity index (χ0) is 10.6. The van der Waals surface area contributed by atoms with Gasteiger partial charge in [0.05, 0.1) is 0 Å². The molecule has 0 atom stereocenters. The van der Waals surface area contributed by atoms with Gasteiger partial charge in [0.15, 0.2) is 0 Å². The first-order chi connectivity index (χ1) is 7.08. The summed E-state index contributed by atoms with van der Waals surface area (Å²) in [6, 6.07) is 5.67. The van der Waals surface area contributed by atoms with Crippen LogP contribution in [0.2, 0.25) is 0 Å². The lowest BCUT2D eigenvalue weighted by Gasteiger charge is -2.02. The molecule has 1 saturated carbocycles. The molecule has 0 bridgehead atoms. The van der Waals surface area contributed by atoms with Crippen molar-refractivity contribution < 1.29 is 4.39 Å². The summed E-state index contributed by atoms with van der Waals surface area (Å²) in [5, 5.41) is 1.12. The molecule has 2 aromatic rings. The SMILES string of the molecule is Cc1cc2cc(C3(C)CC3)[nH]c2cc1F. The lowest BCUT2D eigenvalue weighted by molar-refractivity contribution is 0.620. The van der Waals surface area contributed by atoms with Gasteiger partial charge in [-0.1, -0.05) is 6.92 Å². The summed E-state index contributed by atoms with van der Waals surface area (Å²) in [7, 11) is 0. The van der Waals surface area contributed by atoms with E-state index in [4.69, 9.17) is 0 Å². The summed E-state index contributed by atoms with van der Waals surface area (Å²) in [4.78, 5) is 3.33. The van der Waals surface area contributed by atoms with Gasteiger partial charge in [-0.05, 0) is 43.5 Å². The van der Waals surface area contributed by atoms with Crippen molar-refractivity contribution in [3.8, 4) is 0 Å². The summed E-state index contributed by atoms with van der Waals surface area (Å²) in [5.74, 6) is -0.128. The van der Waals surface area contributed by atoms with Crippen LogP contribution in [0, 0.1) is 12.7 Å². The molecule has 15 heavy (non-hydrogen) atoms. The van der Waals surface area contributed by atoms with Crippen LogP contribution in [0.1, 0.15) is 31.0 Å². The van der Waals surface area contributed by atoms with Crippen molar-refractivity contribution in [2.45, 2.75) is 32.1 Å². The van der Waals surface area contributed by atoms with Crippen molar-refractivity contribution in [2.75, 3.05) is 0 Å². The maximum Gasteiger partial charge on any atom is 0.128 e. The fourth-order valence-electron chi connectivity index (χ4n) is 2.05. The third-order valence-corrected chi connectivity index (χ3v) is 3.55. The molecule has 1 aromatic carbocycles. The number of nitrogens with one attached hydrogen (secondary N) is 1. The van der Waals surface area contributed by atoms with Crippen LogP contribution >= 0.6 is 0 Å². The Labute approximate surface area is 88.3 Å². The molecule has 0 saturated heterocycles. The van der Waals surface area contributed by atoms with Crippen molar-refractivity contribution in [1.29, 1.82) is 0 Å². The molecule has 78 valence electrons. The van der Waals surface area contributed by atoms with Crippen molar-refractivity contribution in [3.05, 3.63) is 35.3 Å². The van der Waals surface area contributed by atoms with E-state index in [0.717, 1.165) is 10.9 Å². The van der Waals surface area contributed by atoms with E-state index in [2.05, 4.69) is 18.0 Å². The van der Waals surface area contributed by atoms with E-state index in [-0.39, 0.29) is 5.82 Å². The van der Waals surface area contributed by atoms with Gasteiger partial charge in [0.2, 0.25) is 0 Å². The number of halogens is 1. The van der Waals surface area contributed by atoms with Gasteiger partial charge < -0.3 is 4.98 Å². The standard InChI is InChI=1S/C13H14FN/c1-8-5-9-6-12(13(2)3-4-13)15-11(9)7-10(8)14/h5-7,15H,3-4H2,1-2H3. The monoisotopic (exact) mass is 203 g/mol. The second kappa shape index (κ2) is 2.63. The Morgan fingerprint density at radius 3 is 2.67 bits per heavy atom. The molecule has 3 rings (SSSR count). The Balaban J connectivity index is 2.22. The second-order valence-corrected chi connectivity index (χ2v) is 4.93. The van der Waals surface area contributed by atoms with E-state index >= 15 is 0 Å². The maximum atomic E-state index is 13.4. The molecule has 1 N–H and O–H groups in total. The van der Waals surface area contributed by atoms with E-state index in [9.17, 15) is 4.39 Å². The number of benzene rings is 1. The number of aryl methyl sites for hydroxylation is 1. The predicted molar refractivity (Wildman–Crippen MR) is 59.6 cm³/mol. The van der Waals surface area contributed by atoms with Crippen molar-refractivity contribution >= 4 is 10.9 Å². The van der Waals surface area contributed by atoms with Gasteiger partial charge in [0.25, 0.3) is 0 Å². The largest absolute Gasteiger partial charge is 0.358 e. The quantitative estimate of drug-likeness (QED) is 0.728. The van der Waals surface area contributed by atoms with E-state index in [1.54, 1.807) is 13.0 Å². The number of hydrogen-bond donors (Lipinski definition) is 1. The third-order valence-electron chi connectivity index (χ3n) is 3.55. The van der Waals surface area contributed by atoms with E-state index in [1.807, 2.05) is 6.07 Å². The summed E-state index contributed by atoms with van der Waals surface area (Å²) in [6.45, 7) is 4.06. The van der Waals surface area contributed by atoms with Crippen LogP contribution in [0.5, 0.6) is 0 Å². The van der Waals surface area contributed by atoms with Crippen LogP contribution in [0.25, 0.3) is 10.9 Å². The Morgan fingerprint density at radius 2 is 2.00 bits per heavy atom. The lowest BCUT2D eigenvalue weighted by Crippen LogP contribution is -1.98. The molecule has 0 radical (unpaired) electrons. The Hall–Kier alpha value is -1.31. The van der Waals surface area contributed by atoms with Crippen LogP contribution in [-0.2, 0) is 5.41 Å². The molecule has 1 aliphatic rings. The van der Waals surface area contributed by atoms with Gasteiger partial charge in [-0.25, -0.2) is 4.39 Å². The number of rotatable bonds is 1. The van der Waals surface area contributed by atoms with E-state index in [1.165, 1.54) is 18.5 Å². The maximum absolute atomic E-state index is 13.4. The fraction of sp³-hybridized carbons (Fsp3) is 0.385. The molecule has 0 amide bonds. The van der Waals surface area contributed by atoms with Crippen LogP contribution in [0.4, 0.5) is 4.39 Å². The van der Waals surface area contributed by atoms with Gasteiger partial charge in [-0.2, -0.15) is 0 Å². The Kier molecular flexibility index (Phi) is 1.57. The highest BCUT2D eigenvalue weighted by Crippen LogP contribution is 2.47. The summed E-state index contributed by atoms with van der Waals surface area (Å²) in [6.07, 6.45) is 2.47. The summed E-state index contributed by atoms with van der Waals surface area (Å²) >= 11 is 0. The first kappa shape index (κ1) is 8.96. The second-order valence-electron chi connectivity index (χ2n) is 4.93. The molecule has 1 nitrogen and oxygen atoms in total. The van der Waals surface area contributed by atoms with Gasteiger partial charge in [0.1, 0.15) is 5.82 Å². The van der Waals surface area contributed by atoms with Gasteiger partial charge in [0, 0.05) is 22.0 Å². The topological polar surface area (TPSA) is 15.8 Å². The molecule has 2 heteroatoms. The number of aromatic amines is 1. The zero-order valence-corrected chi connectivity index (χ0v) is 9.02. The van der Waals surface area contributed by atoms with Crippen LogP contribution in [0.3, 0.4) is 0 Å². The van der Waals surface area contributed by atoms with Gasteiger partial charge in [-0.3, -0.25) is 0 Å². The molecule has 1 fully saturated rings. The smallest absolute Gasteiger partial charge is 0.128 e. The van der Waals surface area contributed by atoms with Crippen molar-refractivity contribution in [1.82, 2.24) is 4.98 Å². The minimum absolute atomic E-state index is 0.128. The summed E-state index contributed by atoms with van der Waals surface area (Å²) in [5.41, 5.74) is 3.21. The molecule has 1 heterocycles. The first-order valence-corrected chi connectivity index (χ1v) is 5.38. The van der Waals surface area contributed by atoms with E-state index in [0.29, 0.717) is 11.0 Å². The van der Waals surface area contributed by atoms with Gasteiger partial charge >= 0.3 is 0 Å². The number of H-pyrrole nitrogens is 1. The molecule has 0 aliphatic heterocycles. The Bertz CT molecular complexity index is 496. The van der Waals surface area contributed by atoms with Gasteiger partial charge in [-0.15, -0.1) is 0 Å². The highest BCUT2D eigenvalue weighted by molar-refractivity contribution is 5.81. The fourth-order valence-corrected chi connectivity index (χ4v) is 2.05. The highest BCUT2D eigenvalue weighted by Gasteiger charge is 2.40. The zero-order valence-electron chi connectivity index (χ0n) is 9.02. The molecule has 1 aromatic heterocycles. The molecule has 0 spiro atoms. The van der Waals surface area contributed by atoms with Crippen molar-refractivity contribution in [2.24, 2.45) is 0 Å². The minimum Gasteiger partial charge on any atom is -0.358 e.